The van der Waals surface area contributed by atoms with Crippen molar-refractivity contribution in [2.24, 2.45) is 0 Å². The van der Waals surface area contributed by atoms with E-state index < -0.39 is 29.5 Å². The van der Waals surface area contributed by atoms with Gasteiger partial charge < -0.3 is 19.2 Å². The Kier molecular flexibility index (Phi) is 6.01. The van der Waals surface area contributed by atoms with Gasteiger partial charge in [-0.2, -0.15) is 0 Å². The maximum Gasteiger partial charge on any atom is 0.337 e. The van der Waals surface area contributed by atoms with Crippen LogP contribution in [0.25, 0.3) is 11.0 Å². The average Bonchev–Trinajstić information content (AvgIpc) is 3.47. The number of hydrogen-bond acceptors (Lipinski definition) is 7. The van der Waals surface area contributed by atoms with Crippen LogP contribution in [0, 0.1) is 0 Å². The number of benzene rings is 3. The lowest BCUT2D eigenvalue weighted by Crippen LogP contribution is -2.31. The van der Waals surface area contributed by atoms with Crippen molar-refractivity contribution in [2.45, 2.75) is 6.04 Å². The Morgan fingerprint density at radius 3 is 2.27 bits per heavy atom. The number of para-hydroxylation sites is 1. The van der Waals surface area contributed by atoms with E-state index in [2.05, 4.69) is 0 Å². The number of carbonyl (C=O) groups is 3. The van der Waals surface area contributed by atoms with Crippen molar-refractivity contribution < 1.29 is 28.6 Å². The summed E-state index contributed by atoms with van der Waals surface area (Å²) in [5.74, 6) is -2.46. The summed E-state index contributed by atoms with van der Waals surface area (Å²) in [6.07, 6.45) is 0. The summed E-state index contributed by atoms with van der Waals surface area (Å²) in [5.41, 5.74) is 2.70. The Hall–Kier alpha value is -4.85. The molecule has 1 amide bonds. The third-order valence-corrected chi connectivity index (χ3v) is 6.39. The molecule has 8 heteroatoms. The van der Waals surface area contributed by atoms with Crippen LogP contribution >= 0.6 is 0 Å². The minimum absolute atomic E-state index is 0.0216. The molecule has 0 radical (unpaired) electrons. The predicted molar refractivity (Wildman–Crippen MR) is 139 cm³/mol. The van der Waals surface area contributed by atoms with Gasteiger partial charge in [-0.15, -0.1) is 0 Å². The minimum atomic E-state index is -0.923. The maximum atomic E-state index is 13.7. The zero-order chi connectivity index (χ0) is 26.3. The molecule has 0 fully saturated rings. The number of hydrogen-bond donors (Lipinski definition) is 1. The van der Waals surface area contributed by atoms with Crippen LogP contribution in [0.15, 0.2) is 94.6 Å². The number of Topliss-reactive ketones (excluding diaryl/α,β-unsaturated/α-hetero) is 1. The van der Waals surface area contributed by atoms with Gasteiger partial charge in [-0.05, 0) is 54.1 Å². The second-order valence-electron chi connectivity index (χ2n) is 8.84. The molecule has 2 heterocycles. The molecule has 5 rings (SSSR count). The molecular formula is C29H24N2O6. The number of rotatable bonds is 6. The van der Waals surface area contributed by atoms with Crippen LogP contribution in [0.2, 0.25) is 0 Å². The summed E-state index contributed by atoms with van der Waals surface area (Å²) >= 11 is 0. The Bertz CT molecular complexity index is 1510. The molecule has 186 valence electrons. The maximum absolute atomic E-state index is 13.7. The van der Waals surface area contributed by atoms with Gasteiger partial charge in [0.25, 0.3) is 5.91 Å². The summed E-state index contributed by atoms with van der Waals surface area (Å²) in [4.78, 5) is 42.3. The fourth-order valence-corrected chi connectivity index (χ4v) is 4.48. The van der Waals surface area contributed by atoms with Crippen LogP contribution in [0.1, 0.15) is 32.5 Å². The second-order valence-corrected chi connectivity index (χ2v) is 8.84. The summed E-state index contributed by atoms with van der Waals surface area (Å²) < 4.78 is 10.5. The van der Waals surface area contributed by atoms with Crippen LogP contribution in [0.3, 0.4) is 0 Å². The number of fused-ring (bicyclic) bond motifs is 1. The molecule has 0 bridgehead atoms. The highest BCUT2D eigenvalue weighted by molar-refractivity contribution is 6.20. The Morgan fingerprint density at radius 2 is 1.65 bits per heavy atom. The normalized spacial score (nSPS) is 15.4. The van der Waals surface area contributed by atoms with Crippen LogP contribution in [0.4, 0.5) is 11.4 Å². The molecule has 1 N–H and O–H groups in total. The monoisotopic (exact) mass is 496 g/mol. The molecule has 4 aromatic rings. The van der Waals surface area contributed by atoms with Crippen molar-refractivity contribution in [3.63, 3.8) is 0 Å². The largest absolute Gasteiger partial charge is 0.503 e. The average molecular weight is 497 g/mol. The van der Waals surface area contributed by atoms with E-state index in [1.807, 2.05) is 55.4 Å². The van der Waals surface area contributed by atoms with Crippen molar-refractivity contribution in [3.05, 3.63) is 107 Å². The first-order valence-electron chi connectivity index (χ1n) is 11.6. The quantitative estimate of drug-likeness (QED) is 0.294. The predicted octanol–water partition coefficient (Wildman–Crippen LogP) is 5.07. The first-order valence-corrected chi connectivity index (χ1v) is 11.6. The van der Waals surface area contributed by atoms with Gasteiger partial charge in [-0.1, -0.05) is 30.3 Å². The standard InChI is InChI=1S/C29H24N2O6/c1-30(2)20-12-8-17(9-13-20)25-24(26(32)23-16-19-6-4-5-7-22(19)37-23)27(33)28(34)31(25)21-14-10-18(11-15-21)29(35)36-3/h4-16,25,33H,1-3H3. The van der Waals surface area contributed by atoms with E-state index in [1.165, 1.54) is 24.1 Å². The zero-order valence-corrected chi connectivity index (χ0v) is 20.5. The number of nitrogens with zero attached hydrogens (tertiary/aromatic N) is 2. The summed E-state index contributed by atoms with van der Waals surface area (Å²) in [5, 5.41) is 11.7. The molecule has 0 saturated carbocycles. The SMILES string of the molecule is COC(=O)c1ccc(N2C(=O)C(O)=C(C(=O)c3cc4ccccc4o3)C2c2ccc(N(C)C)cc2)cc1. The van der Waals surface area contributed by atoms with E-state index in [-0.39, 0.29) is 11.3 Å². The first kappa shape index (κ1) is 23.9. The fraction of sp³-hybridized carbons (Fsp3) is 0.138. The fourth-order valence-electron chi connectivity index (χ4n) is 4.48. The number of furan rings is 1. The lowest BCUT2D eigenvalue weighted by atomic mass is 9.94. The van der Waals surface area contributed by atoms with E-state index in [0.29, 0.717) is 22.4 Å². The number of ketones is 1. The van der Waals surface area contributed by atoms with Crippen molar-refractivity contribution in [1.82, 2.24) is 0 Å². The van der Waals surface area contributed by atoms with E-state index in [4.69, 9.17) is 9.15 Å². The molecule has 0 saturated heterocycles. The van der Waals surface area contributed by atoms with Crippen LogP contribution < -0.4 is 9.80 Å². The second kappa shape index (κ2) is 9.31. The lowest BCUT2D eigenvalue weighted by molar-refractivity contribution is -0.117. The molecule has 1 atom stereocenters. The van der Waals surface area contributed by atoms with Gasteiger partial charge in [0.05, 0.1) is 24.3 Å². The van der Waals surface area contributed by atoms with Gasteiger partial charge in [0.2, 0.25) is 5.78 Å². The summed E-state index contributed by atoms with van der Waals surface area (Å²) in [7, 11) is 5.10. The number of anilines is 2. The number of methoxy groups -OCH3 is 1. The minimum Gasteiger partial charge on any atom is -0.503 e. The molecule has 1 aromatic heterocycles. The highest BCUT2D eigenvalue weighted by Gasteiger charge is 2.45. The summed E-state index contributed by atoms with van der Waals surface area (Å²) in [6.45, 7) is 0. The highest BCUT2D eigenvalue weighted by Crippen LogP contribution is 2.42. The van der Waals surface area contributed by atoms with Gasteiger partial charge in [-0.25, -0.2) is 4.79 Å². The number of aliphatic hydroxyl groups excluding tert-OH is 1. The van der Waals surface area contributed by atoms with Gasteiger partial charge in [0.15, 0.2) is 11.5 Å². The van der Waals surface area contributed by atoms with Gasteiger partial charge in [-0.3, -0.25) is 14.5 Å². The van der Waals surface area contributed by atoms with Crippen molar-refractivity contribution in [1.29, 1.82) is 0 Å². The third kappa shape index (κ3) is 4.12. The molecule has 1 unspecified atom stereocenters. The topological polar surface area (TPSA) is 100 Å². The first-order chi connectivity index (χ1) is 17.8. The molecule has 0 spiro atoms. The van der Waals surface area contributed by atoms with Gasteiger partial charge in [0, 0.05) is 30.9 Å². The number of ether oxygens (including phenoxy) is 1. The Morgan fingerprint density at radius 1 is 0.973 bits per heavy atom. The number of amides is 1. The van der Waals surface area contributed by atoms with E-state index in [0.717, 1.165) is 11.1 Å². The summed E-state index contributed by atoms with van der Waals surface area (Å²) in [6, 6.07) is 21.4. The third-order valence-electron chi connectivity index (χ3n) is 6.39. The van der Waals surface area contributed by atoms with Gasteiger partial charge >= 0.3 is 5.97 Å². The molecular weight excluding hydrogens is 472 g/mol. The van der Waals surface area contributed by atoms with Crippen molar-refractivity contribution in [3.8, 4) is 0 Å². The zero-order valence-electron chi connectivity index (χ0n) is 20.5. The molecule has 0 aliphatic carbocycles. The Balaban J connectivity index is 1.62. The molecule has 1 aliphatic rings. The van der Waals surface area contributed by atoms with E-state index in [1.54, 1.807) is 30.3 Å². The van der Waals surface area contributed by atoms with Crippen molar-refractivity contribution >= 4 is 40.0 Å². The lowest BCUT2D eigenvalue weighted by Gasteiger charge is -2.27. The molecule has 3 aromatic carbocycles. The van der Waals surface area contributed by atoms with Gasteiger partial charge in [0.1, 0.15) is 5.58 Å². The molecule has 1 aliphatic heterocycles. The van der Waals surface area contributed by atoms with E-state index in [9.17, 15) is 19.5 Å². The Labute approximate surface area is 213 Å². The van der Waals surface area contributed by atoms with Crippen LogP contribution in [-0.2, 0) is 9.53 Å². The molecule has 37 heavy (non-hydrogen) atoms. The highest BCUT2D eigenvalue weighted by atomic mass is 16.5. The van der Waals surface area contributed by atoms with Crippen LogP contribution in [-0.4, -0.2) is 44.0 Å². The number of carbonyl (C=O) groups excluding carboxylic acids is 3. The molecule has 8 nitrogen and oxygen atoms in total. The number of aliphatic hydroxyl groups is 1. The van der Waals surface area contributed by atoms with Crippen molar-refractivity contribution in [2.75, 3.05) is 31.0 Å². The van der Waals surface area contributed by atoms with Crippen LogP contribution in [0.5, 0.6) is 0 Å². The smallest absolute Gasteiger partial charge is 0.337 e. The number of esters is 1. The van der Waals surface area contributed by atoms with E-state index >= 15 is 0 Å².